The van der Waals surface area contributed by atoms with Gasteiger partial charge in [0.25, 0.3) is 0 Å². The van der Waals surface area contributed by atoms with Gasteiger partial charge in [-0.25, -0.2) is 0 Å². The molecule has 2 aliphatic rings. The quantitative estimate of drug-likeness (QED) is 0.509. The standard InChI is InChI=1S/C22H24N4OS2/c27-20(23-21(16-8-9-16)15-5-2-1-3-6-15)14-29-22-25-24-19(26(22)17-10-11-17)13-18-7-4-12-28-18/h1-7,12,16-17,21H,8-11,13-14H2,(H,23,27). The third-order valence-electron chi connectivity index (χ3n) is 5.46. The van der Waals surface area contributed by atoms with Gasteiger partial charge in [0.2, 0.25) is 5.91 Å². The van der Waals surface area contributed by atoms with Gasteiger partial charge >= 0.3 is 0 Å². The number of nitrogens with one attached hydrogen (secondary N) is 1. The maximum Gasteiger partial charge on any atom is 0.230 e. The SMILES string of the molecule is O=C(CSc1nnc(Cc2cccs2)n1C1CC1)NC(c1ccccc1)C1CC1. The Hall–Kier alpha value is -2.12. The summed E-state index contributed by atoms with van der Waals surface area (Å²) in [5, 5.41) is 15.1. The lowest BCUT2D eigenvalue weighted by atomic mass is 10.0. The summed E-state index contributed by atoms with van der Waals surface area (Å²) in [6.45, 7) is 0. The van der Waals surface area contributed by atoms with Crippen LogP contribution in [0.3, 0.4) is 0 Å². The molecule has 29 heavy (non-hydrogen) atoms. The van der Waals surface area contributed by atoms with E-state index in [1.54, 1.807) is 11.3 Å². The molecule has 2 fully saturated rings. The van der Waals surface area contributed by atoms with Crippen molar-refractivity contribution in [2.75, 3.05) is 5.75 Å². The van der Waals surface area contributed by atoms with Crippen molar-refractivity contribution in [1.29, 1.82) is 0 Å². The van der Waals surface area contributed by atoms with E-state index in [0.29, 0.717) is 17.7 Å². The van der Waals surface area contributed by atoms with Gasteiger partial charge in [-0.15, -0.1) is 21.5 Å². The first-order valence-electron chi connectivity index (χ1n) is 10.2. The van der Waals surface area contributed by atoms with Crippen LogP contribution in [0.1, 0.15) is 54.0 Å². The molecule has 1 atom stereocenters. The van der Waals surface area contributed by atoms with Gasteiger partial charge in [-0.2, -0.15) is 0 Å². The van der Waals surface area contributed by atoms with E-state index in [2.05, 4.69) is 49.7 Å². The smallest absolute Gasteiger partial charge is 0.230 e. The molecule has 150 valence electrons. The topological polar surface area (TPSA) is 59.8 Å². The summed E-state index contributed by atoms with van der Waals surface area (Å²) in [6.07, 6.45) is 5.54. The molecule has 2 aliphatic carbocycles. The fourth-order valence-corrected chi connectivity index (χ4v) is 5.24. The molecule has 0 radical (unpaired) electrons. The van der Waals surface area contributed by atoms with Gasteiger partial charge in [0.1, 0.15) is 5.82 Å². The molecule has 5 rings (SSSR count). The highest BCUT2D eigenvalue weighted by atomic mass is 32.2. The van der Waals surface area contributed by atoms with Crippen LogP contribution < -0.4 is 5.32 Å². The summed E-state index contributed by atoms with van der Waals surface area (Å²) >= 11 is 3.25. The third-order valence-corrected chi connectivity index (χ3v) is 7.28. The maximum atomic E-state index is 12.7. The number of carbonyl (C=O) groups excluding carboxylic acids is 1. The summed E-state index contributed by atoms with van der Waals surface area (Å²) in [6, 6.07) is 15.1. The average Bonchev–Trinajstić information content (AvgIpc) is 3.67. The Morgan fingerprint density at radius 3 is 2.66 bits per heavy atom. The van der Waals surface area contributed by atoms with Crippen LogP contribution in [-0.4, -0.2) is 26.4 Å². The van der Waals surface area contributed by atoms with Crippen molar-refractivity contribution in [3.05, 3.63) is 64.1 Å². The first kappa shape index (κ1) is 18.9. The predicted octanol–water partition coefficient (Wildman–Crippen LogP) is 4.62. The minimum absolute atomic E-state index is 0.0703. The second-order valence-electron chi connectivity index (χ2n) is 7.84. The molecule has 2 saturated carbocycles. The van der Waals surface area contributed by atoms with Crippen LogP contribution >= 0.6 is 23.1 Å². The zero-order chi connectivity index (χ0) is 19.6. The van der Waals surface area contributed by atoms with Crippen LogP contribution in [0.4, 0.5) is 0 Å². The van der Waals surface area contributed by atoms with Crippen molar-refractivity contribution in [1.82, 2.24) is 20.1 Å². The molecular weight excluding hydrogens is 400 g/mol. The molecule has 0 spiro atoms. The molecule has 2 aromatic heterocycles. The normalized spacial score (nSPS) is 17.2. The van der Waals surface area contributed by atoms with Crippen LogP contribution in [0, 0.1) is 5.92 Å². The van der Waals surface area contributed by atoms with Crippen LogP contribution in [0.2, 0.25) is 0 Å². The fourth-order valence-electron chi connectivity index (χ4n) is 3.70. The second-order valence-corrected chi connectivity index (χ2v) is 9.81. The molecule has 7 heteroatoms. The molecular formula is C22H24N4OS2. The van der Waals surface area contributed by atoms with Crippen molar-refractivity contribution in [3.8, 4) is 0 Å². The summed E-state index contributed by atoms with van der Waals surface area (Å²) in [4.78, 5) is 14.0. The molecule has 1 unspecified atom stereocenters. The van der Waals surface area contributed by atoms with Gasteiger partial charge in [-0.05, 0) is 48.6 Å². The number of hydrogen-bond donors (Lipinski definition) is 1. The Labute approximate surface area is 178 Å². The van der Waals surface area contributed by atoms with E-state index in [0.717, 1.165) is 17.4 Å². The van der Waals surface area contributed by atoms with Crippen molar-refractivity contribution >= 4 is 29.0 Å². The largest absolute Gasteiger partial charge is 0.348 e. The van der Waals surface area contributed by atoms with E-state index in [4.69, 9.17) is 0 Å². The predicted molar refractivity (Wildman–Crippen MR) is 116 cm³/mol. The molecule has 5 nitrogen and oxygen atoms in total. The van der Waals surface area contributed by atoms with Crippen LogP contribution in [0.25, 0.3) is 0 Å². The van der Waals surface area contributed by atoms with Gasteiger partial charge in [-0.1, -0.05) is 48.2 Å². The molecule has 2 heterocycles. The number of nitrogens with zero attached hydrogens (tertiary/aromatic N) is 3. The van der Waals surface area contributed by atoms with Crippen molar-refractivity contribution < 1.29 is 4.79 Å². The lowest BCUT2D eigenvalue weighted by molar-refractivity contribution is -0.119. The molecule has 0 bridgehead atoms. The first-order valence-corrected chi connectivity index (χ1v) is 12.1. The highest BCUT2D eigenvalue weighted by molar-refractivity contribution is 7.99. The van der Waals surface area contributed by atoms with Gasteiger partial charge in [0.05, 0.1) is 11.8 Å². The number of amides is 1. The van der Waals surface area contributed by atoms with Crippen molar-refractivity contribution in [3.63, 3.8) is 0 Å². The number of thioether (sulfide) groups is 1. The number of aromatic nitrogens is 3. The van der Waals surface area contributed by atoms with Gasteiger partial charge in [-0.3, -0.25) is 4.79 Å². The molecule has 0 aliphatic heterocycles. The number of thiophene rings is 1. The van der Waals surface area contributed by atoms with Crippen LogP contribution in [0.15, 0.2) is 53.0 Å². The lowest BCUT2D eigenvalue weighted by Gasteiger charge is -2.18. The highest BCUT2D eigenvalue weighted by Gasteiger charge is 2.34. The van der Waals surface area contributed by atoms with E-state index in [-0.39, 0.29) is 11.9 Å². The van der Waals surface area contributed by atoms with Crippen LogP contribution in [0.5, 0.6) is 0 Å². The van der Waals surface area contributed by atoms with E-state index in [1.807, 2.05) is 18.2 Å². The minimum Gasteiger partial charge on any atom is -0.348 e. The average molecular weight is 425 g/mol. The minimum atomic E-state index is 0.0703. The number of rotatable bonds is 9. The second kappa shape index (κ2) is 8.32. The van der Waals surface area contributed by atoms with Gasteiger partial charge in [0, 0.05) is 17.3 Å². The first-order chi connectivity index (χ1) is 14.3. The summed E-state index contributed by atoms with van der Waals surface area (Å²) in [5.41, 5.74) is 1.20. The Morgan fingerprint density at radius 2 is 1.97 bits per heavy atom. The van der Waals surface area contributed by atoms with Gasteiger partial charge in [0.15, 0.2) is 5.16 Å². The van der Waals surface area contributed by atoms with Crippen molar-refractivity contribution in [2.45, 2.75) is 49.3 Å². The Morgan fingerprint density at radius 1 is 1.14 bits per heavy atom. The fraction of sp³-hybridized carbons (Fsp3) is 0.409. The van der Waals surface area contributed by atoms with Crippen molar-refractivity contribution in [2.24, 2.45) is 5.92 Å². The van der Waals surface area contributed by atoms with E-state index in [9.17, 15) is 4.79 Å². The number of carbonyl (C=O) groups is 1. The third kappa shape index (κ3) is 4.56. The molecule has 1 N–H and O–H groups in total. The number of benzene rings is 1. The molecule has 1 amide bonds. The molecule has 0 saturated heterocycles. The maximum absolute atomic E-state index is 12.7. The van der Waals surface area contributed by atoms with Gasteiger partial charge < -0.3 is 9.88 Å². The Bertz CT molecular complexity index is 962. The molecule has 1 aromatic carbocycles. The highest BCUT2D eigenvalue weighted by Crippen LogP contribution is 2.41. The van der Waals surface area contributed by atoms with E-state index in [1.165, 1.54) is 47.9 Å². The summed E-state index contributed by atoms with van der Waals surface area (Å²) < 4.78 is 2.26. The zero-order valence-corrected chi connectivity index (χ0v) is 17.8. The monoisotopic (exact) mass is 424 g/mol. The summed E-state index contributed by atoms with van der Waals surface area (Å²) in [7, 11) is 0. The van der Waals surface area contributed by atoms with E-state index >= 15 is 0 Å². The summed E-state index contributed by atoms with van der Waals surface area (Å²) in [5.74, 6) is 2.03. The van der Waals surface area contributed by atoms with E-state index < -0.39 is 0 Å². The Balaban J connectivity index is 1.24. The van der Waals surface area contributed by atoms with Crippen LogP contribution in [-0.2, 0) is 11.2 Å². The zero-order valence-electron chi connectivity index (χ0n) is 16.2. The lowest BCUT2D eigenvalue weighted by Crippen LogP contribution is -2.31. The molecule has 3 aromatic rings. The Kier molecular flexibility index (Phi) is 5.42. The number of hydrogen-bond acceptors (Lipinski definition) is 5.